The van der Waals surface area contributed by atoms with E-state index in [-0.39, 0.29) is 11.8 Å². The molecule has 3 aromatic carbocycles. The van der Waals surface area contributed by atoms with Gasteiger partial charge in [-0.1, -0.05) is 60.2 Å². The molecule has 0 heterocycles. The van der Waals surface area contributed by atoms with Gasteiger partial charge in [0.15, 0.2) is 0 Å². The summed E-state index contributed by atoms with van der Waals surface area (Å²) < 4.78 is 25.1. The van der Waals surface area contributed by atoms with E-state index in [2.05, 4.69) is 6.07 Å². The van der Waals surface area contributed by atoms with Gasteiger partial charge in [0.05, 0.1) is 0 Å². The summed E-state index contributed by atoms with van der Waals surface area (Å²) in [5, 5.41) is 0. The Bertz CT molecular complexity index is 965. The maximum Gasteiger partial charge on any atom is 0.303 e. The van der Waals surface area contributed by atoms with Gasteiger partial charge in [-0.25, -0.2) is 4.39 Å². The number of benzene rings is 3. The lowest BCUT2D eigenvalue weighted by Gasteiger charge is -2.21. The number of ether oxygens (including phenoxy) is 2. The quantitative estimate of drug-likeness (QED) is 0.472. The van der Waals surface area contributed by atoms with E-state index in [4.69, 9.17) is 9.47 Å². The Morgan fingerprint density at radius 1 is 1.00 bits per heavy atom. The fourth-order valence-corrected chi connectivity index (χ4v) is 3.44. The molecule has 0 aliphatic heterocycles. The van der Waals surface area contributed by atoms with Crippen LogP contribution in [0.15, 0.2) is 66.7 Å². The van der Waals surface area contributed by atoms with E-state index in [1.807, 2.05) is 50.2 Å². The van der Waals surface area contributed by atoms with Crippen molar-refractivity contribution in [1.82, 2.24) is 0 Å². The van der Waals surface area contributed by atoms with Crippen molar-refractivity contribution in [3.05, 3.63) is 100 Å². The van der Waals surface area contributed by atoms with Crippen LogP contribution in [-0.4, -0.2) is 5.97 Å². The Morgan fingerprint density at radius 3 is 2.34 bits per heavy atom. The summed E-state index contributed by atoms with van der Waals surface area (Å²) in [6.45, 7) is 5.86. The van der Waals surface area contributed by atoms with Crippen molar-refractivity contribution in [2.24, 2.45) is 0 Å². The summed E-state index contributed by atoms with van der Waals surface area (Å²) in [5.41, 5.74) is 4.90. The normalized spacial score (nSPS) is 11.7. The van der Waals surface area contributed by atoms with Gasteiger partial charge < -0.3 is 9.47 Å². The third-order valence-electron chi connectivity index (χ3n) is 4.68. The summed E-state index contributed by atoms with van der Waals surface area (Å²) in [6, 6.07) is 20.1. The third-order valence-corrected chi connectivity index (χ3v) is 4.68. The highest BCUT2D eigenvalue weighted by Gasteiger charge is 2.20. The summed E-state index contributed by atoms with van der Waals surface area (Å²) in [7, 11) is 0. The van der Waals surface area contributed by atoms with Crippen molar-refractivity contribution in [3.8, 4) is 5.75 Å². The molecule has 150 valence electrons. The second-order valence-electron chi connectivity index (χ2n) is 7.20. The second kappa shape index (κ2) is 9.37. The van der Waals surface area contributed by atoms with E-state index >= 15 is 0 Å². The molecule has 0 amide bonds. The van der Waals surface area contributed by atoms with Gasteiger partial charge in [0, 0.05) is 13.3 Å². The van der Waals surface area contributed by atoms with Crippen molar-refractivity contribution in [1.29, 1.82) is 0 Å². The highest BCUT2D eigenvalue weighted by atomic mass is 19.1. The molecule has 0 aliphatic rings. The average Bonchev–Trinajstić information content (AvgIpc) is 2.68. The lowest BCUT2D eigenvalue weighted by molar-refractivity contribution is -0.146. The van der Waals surface area contributed by atoms with E-state index in [1.165, 1.54) is 19.1 Å². The average molecular weight is 392 g/mol. The molecule has 0 bridgehead atoms. The zero-order valence-electron chi connectivity index (χ0n) is 16.9. The summed E-state index contributed by atoms with van der Waals surface area (Å²) in [5.74, 6) is 0.0859. The van der Waals surface area contributed by atoms with E-state index in [0.717, 1.165) is 33.6 Å². The first-order valence-corrected chi connectivity index (χ1v) is 9.62. The SMILES string of the molecule is CC(=O)OC(Cc1cc(C)cc(C)c1OCc1ccccc1)c1ccc(F)cc1. The first-order chi connectivity index (χ1) is 13.9. The number of hydrogen-bond donors (Lipinski definition) is 0. The standard InChI is InChI=1S/C25H25FO3/c1-17-13-18(2)25(28-16-20-7-5-4-6-8-20)22(14-17)15-24(29-19(3)27)21-9-11-23(26)12-10-21/h4-14,24H,15-16H2,1-3H3. The molecule has 4 heteroatoms. The Balaban J connectivity index is 1.90. The molecule has 0 radical (unpaired) electrons. The minimum absolute atomic E-state index is 0.325. The van der Waals surface area contributed by atoms with Crippen LogP contribution < -0.4 is 4.74 Å². The van der Waals surface area contributed by atoms with Gasteiger partial charge in [-0.2, -0.15) is 0 Å². The molecule has 0 aliphatic carbocycles. The van der Waals surface area contributed by atoms with Crippen molar-refractivity contribution < 1.29 is 18.7 Å². The van der Waals surface area contributed by atoms with Gasteiger partial charge in [-0.15, -0.1) is 0 Å². The lowest BCUT2D eigenvalue weighted by Crippen LogP contribution is -2.13. The molecular formula is C25H25FO3. The molecule has 0 N–H and O–H groups in total. The monoisotopic (exact) mass is 392 g/mol. The highest BCUT2D eigenvalue weighted by Crippen LogP contribution is 2.32. The molecule has 3 aromatic rings. The fraction of sp³-hybridized carbons (Fsp3) is 0.240. The highest BCUT2D eigenvalue weighted by molar-refractivity contribution is 5.66. The molecule has 0 saturated heterocycles. The van der Waals surface area contributed by atoms with E-state index in [9.17, 15) is 9.18 Å². The van der Waals surface area contributed by atoms with Crippen LogP contribution in [0.4, 0.5) is 4.39 Å². The molecule has 1 atom stereocenters. The first kappa shape index (κ1) is 20.6. The minimum Gasteiger partial charge on any atom is -0.488 e. The van der Waals surface area contributed by atoms with Gasteiger partial charge in [-0.3, -0.25) is 4.79 Å². The molecule has 29 heavy (non-hydrogen) atoms. The second-order valence-corrected chi connectivity index (χ2v) is 7.20. The molecule has 3 nitrogen and oxygen atoms in total. The summed E-state index contributed by atoms with van der Waals surface area (Å²) in [6.07, 6.45) is -0.0777. The first-order valence-electron chi connectivity index (χ1n) is 9.62. The third kappa shape index (κ3) is 5.67. The molecule has 0 aromatic heterocycles. The van der Waals surface area contributed by atoms with Gasteiger partial charge in [0.25, 0.3) is 0 Å². The minimum atomic E-state index is -0.520. The van der Waals surface area contributed by atoms with Crippen molar-refractivity contribution in [2.75, 3.05) is 0 Å². The van der Waals surface area contributed by atoms with Gasteiger partial charge in [0.1, 0.15) is 24.3 Å². The smallest absolute Gasteiger partial charge is 0.303 e. The summed E-state index contributed by atoms with van der Waals surface area (Å²) >= 11 is 0. The van der Waals surface area contributed by atoms with Crippen LogP contribution in [0.5, 0.6) is 5.75 Å². The van der Waals surface area contributed by atoms with E-state index in [0.29, 0.717) is 13.0 Å². The number of carbonyl (C=O) groups is 1. The molecule has 1 unspecified atom stereocenters. The van der Waals surface area contributed by atoms with E-state index < -0.39 is 6.10 Å². The van der Waals surface area contributed by atoms with Crippen molar-refractivity contribution in [2.45, 2.75) is 39.9 Å². The van der Waals surface area contributed by atoms with Crippen LogP contribution in [0, 0.1) is 19.7 Å². The van der Waals surface area contributed by atoms with Crippen LogP contribution in [-0.2, 0) is 22.6 Å². The predicted octanol–water partition coefficient (Wildman–Crippen LogP) is 5.87. The van der Waals surface area contributed by atoms with Crippen molar-refractivity contribution in [3.63, 3.8) is 0 Å². The number of esters is 1. The number of aryl methyl sites for hydroxylation is 2. The van der Waals surface area contributed by atoms with Crippen LogP contribution in [0.2, 0.25) is 0 Å². The van der Waals surface area contributed by atoms with E-state index in [1.54, 1.807) is 12.1 Å². The maximum absolute atomic E-state index is 13.3. The van der Waals surface area contributed by atoms with Gasteiger partial charge in [-0.05, 0) is 48.2 Å². The Labute approximate surface area is 171 Å². The lowest BCUT2D eigenvalue weighted by atomic mass is 9.97. The van der Waals surface area contributed by atoms with Crippen LogP contribution in [0.3, 0.4) is 0 Å². The number of hydrogen-bond acceptors (Lipinski definition) is 3. The molecule has 0 fully saturated rings. The van der Waals surface area contributed by atoms with Gasteiger partial charge >= 0.3 is 5.97 Å². The summed E-state index contributed by atoms with van der Waals surface area (Å²) in [4.78, 5) is 11.7. The predicted molar refractivity (Wildman–Crippen MR) is 111 cm³/mol. The van der Waals surface area contributed by atoms with Gasteiger partial charge in [0.2, 0.25) is 0 Å². The van der Waals surface area contributed by atoms with Crippen LogP contribution >= 0.6 is 0 Å². The largest absolute Gasteiger partial charge is 0.488 e. The fourth-order valence-electron chi connectivity index (χ4n) is 3.44. The number of carbonyl (C=O) groups excluding carboxylic acids is 1. The zero-order chi connectivity index (χ0) is 20.8. The van der Waals surface area contributed by atoms with Crippen LogP contribution in [0.25, 0.3) is 0 Å². The number of halogens is 1. The Kier molecular flexibility index (Phi) is 6.65. The van der Waals surface area contributed by atoms with Crippen LogP contribution in [0.1, 0.15) is 40.8 Å². The van der Waals surface area contributed by atoms with Crippen molar-refractivity contribution >= 4 is 5.97 Å². The molecular weight excluding hydrogens is 367 g/mol. The Hall–Kier alpha value is -3.14. The Morgan fingerprint density at radius 2 is 1.69 bits per heavy atom. The molecule has 3 rings (SSSR count). The number of rotatable bonds is 7. The molecule has 0 spiro atoms. The topological polar surface area (TPSA) is 35.5 Å². The molecule has 0 saturated carbocycles. The maximum atomic E-state index is 13.3. The zero-order valence-corrected chi connectivity index (χ0v) is 16.9.